The fraction of sp³-hybridized carbons (Fsp3) is 0.545. The number of rotatable bonds is 7. The molecule has 0 aliphatic rings. The van der Waals surface area contributed by atoms with Gasteiger partial charge >= 0.3 is 5.97 Å². The van der Waals surface area contributed by atoms with E-state index in [0.717, 1.165) is 6.07 Å². The van der Waals surface area contributed by atoms with E-state index in [1.807, 2.05) is 0 Å². The predicted octanol–water partition coefficient (Wildman–Crippen LogP) is 1.43. The minimum absolute atomic E-state index is 0.0483. The van der Waals surface area contributed by atoms with Crippen LogP contribution in [0, 0.1) is 5.41 Å². The van der Waals surface area contributed by atoms with Gasteiger partial charge in [0.2, 0.25) is 15.8 Å². The van der Waals surface area contributed by atoms with Crippen molar-refractivity contribution in [2.24, 2.45) is 5.41 Å². The molecule has 0 unspecified atom stereocenters. The molecule has 0 saturated carbocycles. The number of sulfonamides is 1. The summed E-state index contributed by atoms with van der Waals surface area (Å²) in [4.78, 5) is 10.5. The quantitative estimate of drug-likeness (QED) is 0.669. The van der Waals surface area contributed by atoms with Gasteiger partial charge in [-0.3, -0.25) is 0 Å². The van der Waals surface area contributed by atoms with Crippen LogP contribution < -0.4 is 4.72 Å². The molecular weight excluding hydrogens is 354 g/mol. The van der Waals surface area contributed by atoms with Crippen molar-refractivity contribution >= 4 is 31.9 Å². The summed E-state index contributed by atoms with van der Waals surface area (Å²) in [6, 6.07) is 0.938. The zero-order chi connectivity index (χ0) is 15.6. The van der Waals surface area contributed by atoms with Crippen molar-refractivity contribution in [3.05, 3.63) is 16.5 Å². The van der Waals surface area contributed by atoms with Crippen LogP contribution in [0.1, 0.15) is 30.8 Å². The molecular formula is C11H16BrNO6S. The Kier molecular flexibility index (Phi) is 5.36. The number of carbonyl (C=O) groups is 1. The zero-order valence-electron chi connectivity index (χ0n) is 11.0. The van der Waals surface area contributed by atoms with Gasteiger partial charge < -0.3 is 14.6 Å². The molecule has 0 aliphatic heterocycles. The Morgan fingerprint density at radius 2 is 2.10 bits per heavy atom. The second kappa shape index (κ2) is 6.25. The van der Waals surface area contributed by atoms with Gasteiger partial charge in [0, 0.05) is 19.2 Å². The molecule has 0 saturated heterocycles. The van der Waals surface area contributed by atoms with Gasteiger partial charge in [-0.15, -0.1) is 0 Å². The number of carboxylic acid groups (broad SMARTS) is 1. The van der Waals surface area contributed by atoms with Gasteiger partial charge in [0.1, 0.15) is 4.90 Å². The summed E-state index contributed by atoms with van der Waals surface area (Å²) in [6.45, 7) is 3.67. The van der Waals surface area contributed by atoms with Crippen molar-refractivity contribution in [1.29, 1.82) is 0 Å². The molecule has 0 aliphatic carbocycles. The number of furan rings is 1. The third-order valence-electron chi connectivity index (χ3n) is 2.69. The zero-order valence-corrected chi connectivity index (χ0v) is 13.4. The fourth-order valence-electron chi connectivity index (χ4n) is 1.40. The monoisotopic (exact) mass is 369 g/mol. The average Bonchev–Trinajstić information content (AvgIpc) is 2.70. The third-order valence-corrected chi connectivity index (χ3v) is 4.94. The highest BCUT2D eigenvalue weighted by atomic mass is 79.9. The number of hydrogen-bond donors (Lipinski definition) is 3. The molecule has 0 bridgehead atoms. The van der Waals surface area contributed by atoms with Crippen LogP contribution in [0.5, 0.6) is 0 Å². The first-order chi connectivity index (χ1) is 9.09. The predicted molar refractivity (Wildman–Crippen MR) is 74.0 cm³/mol. The number of aliphatic hydroxyl groups is 1. The van der Waals surface area contributed by atoms with Gasteiger partial charge in [-0.2, -0.15) is 0 Å². The first-order valence-electron chi connectivity index (χ1n) is 5.72. The van der Waals surface area contributed by atoms with Crippen LogP contribution in [0.2, 0.25) is 0 Å². The summed E-state index contributed by atoms with van der Waals surface area (Å²) in [5.41, 5.74) is -0.423. The minimum atomic E-state index is -3.89. The maximum absolute atomic E-state index is 12.1. The van der Waals surface area contributed by atoms with Crippen molar-refractivity contribution in [3.63, 3.8) is 0 Å². The van der Waals surface area contributed by atoms with Gasteiger partial charge in [-0.1, -0.05) is 13.8 Å². The lowest BCUT2D eigenvalue weighted by Gasteiger charge is -2.23. The van der Waals surface area contributed by atoms with Gasteiger partial charge in [0.15, 0.2) is 4.67 Å². The molecule has 1 aromatic rings. The van der Waals surface area contributed by atoms with E-state index in [9.17, 15) is 13.2 Å². The van der Waals surface area contributed by atoms with Gasteiger partial charge in [-0.25, -0.2) is 17.9 Å². The topological polar surface area (TPSA) is 117 Å². The van der Waals surface area contributed by atoms with Crippen LogP contribution in [-0.2, 0) is 10.0 Å². The van der Waals surface area contributed by atoms with E-state index in [2.05, 4.69) is 20.7 Å². The molecule has 1 rings (SSSR count). The van der Waals surface area contributed by atoms with Gasteiger partial charge in [0.05, 0.1) is 0 Å². The lowest BCUT2D eigenvalue weighted by molar-refractivity contribution is 0.0661. The van der Waals surface area contributed by atoms with Gasteiger partial charge in [0.25, 0.3) is 0 Å². The van der Waals surface area contributed by atoms with E-state index in [1.165, 1.54) is 0 Å². The number of aromatic carboxylic acids is 1. The Bertz CT molecular complexity index is 592. The maximum atomic E-state index is 12.1. The summed E-state index contributed by atoms with van der Waals surface area (Å²) >= 11 is 2.88. The first kappa shape index (κ1) is 17.2. The van der Waals surface area contributed by atoms with Crippen LogP contribution in [-0.4, -0.2) is 37.8 Å². The Morgan fingerprint density at radius 3 is 2.55 bits per heavy atom. The summed E-state index contributed by atoms with van der Waals surface area (Å²) in [5, 5.41) is 17.7. The highest BCUT2D eigenvalue weighted by molar-refractivity contribution is 9.10. The first-order valence-corrected chi connectivity index (χ1v) is 8.00. The van der Waals surface area contributed by atoms with Gasteiger partial charge in [-0.05, 0) is 27.8 Å². The number of carboxylic acids is 1. The van der Waals surface area contributed by atoms with Crippen LogP contribution in [0.25, 0.3) is 0 Å². The van der Waals surface area contributed by atoms with E-state index in [0.29, 0.717) is 6.42 Å². The van der Waals surface area contributed by atoms with Crippen molar-refractivity contribution < 1.29 is 27.8 Å². The summed E-state index contributed by atoms with van der Waals surface area (Å²) < 4.78 is 31.2. The number of hydrogen-bond acceptors (Lipinski definition) is 5. The van der Waals surface area contributed by atoms with E-state index in [-0.39, 0.29) is 22.7 Å². The fourth-order valence-corrected chi connectivity index (χ4v) is 3.58. The van der Waals surface area contributed by atoms with Crippen LogP contribution in [0.15, 0.2) is 20.0 Å². The molecule has 114 valence electrons. The largest absolute Gasteiger partial charge is 0.475 e. The van der Waals surface area contributed by atoms with E-state index >= 15 is 0 Å². The number of aliphatic hydroxyl groups excluding tert-OH is 1. The Labute approximate surface area is 125 Å². The van der Waals surface area contributed by atoms with Crippen molar-refractivity contribution in [1.82, 2.24) is 4.72 Å². The smallest absolute Gasteiger partial charge is 0.371 e. The summed E-state index contributed by atoms with van der Waals surface area (Å²) in [6.07, 6.45) is 0.433. The molecule has 1 aromatic heterocycles. The van der Waals surface area contributed by atoms with Crippen LogP contribution in [0.4, 0.5) is 0 Å². The molecule has 0 radical (unpaired) electrons. The molecule has 7 nitrogen and oxygen atoms in total. The molecule has 0 aromatic carbocycles. The molecule has 9 heteroatoms. The normalized spacial score (nSPS) is 12.6. The van der Waals surface area contributed by atoms with Crippen molar-refractivity contribution in [3.8, 4) is 0 Å². The average molecular weight is 370 g/mol. The molecule has 3 N–H and O–H groups in total. The Morgan fingerprint density at radius 1 is 1.50 bits per heavy atom. The molecule has 0 spiro atoms. The maximum Gasteiger partial charge on any atom is 0.371 e. The highest BCUT2D eigenvalue weighted by Gasteiger charge is 2.27. The highest BCUT2D eigenvalue weighted by Crippen LogP contribution is 2.27. The van der Waals surface area contributed by atoms with Crippen molar-refractivity contribution in [2.45, 2.75) is 25.2 Å². The molecule has 0 atom stereocenters. The van der Waals surface area contributed by atoms with Crippen LogP contribution in [0.3, 0.4) is 0 Å². The summed E-state index contributed by atoms with van der Waals surface area (Å²) in [5.74, 6) is -1.82. The Hall–Kier alpha value is -0.900. The second-order valence-corrected chi connectivity index (χ2v) is 7.47. The number of nitrogens with one attached hydrogen (secondary N) is 1. The lowest BCUT2D eigenvalue weighted by atomic mass is 9.90. The molecule has 0 amide bonds. The second-order valence-electron chi connectivity index (χ2n) is 5.02. The molecule has 0 fully saturated rings. The van der Waals surface area contributed by atoms with Crippen molar-refractivity contribution in [2.75, 3.05) is 13.2 Å². The minimum Gasteiger partial charge on any atom is -0.475 e. The third kappa shape index (κ3) is 4.30. The lowest BCUT2D eigenvalue weighted by Crippen LogP contribution is -2.34. The van der Waals surface area contributed by atoms with E-state index in [4.69, 9.17) is 14.6 Å². The number of halogens is 1. The van der Waals surface area contributed by atoms with E-state index < -0.39 is 27.2 Å². The Balaban J connectivity index is 2.92. The van der Waals surface area contributed by atoms with Crippen LogP contribution >= 0.6 is 15.9 Å². The van der Waals surface area contributed by atoms with E-state index in [1.54, 1.807) is 13.8 Å². The standard InChI is InChI=1S/C11H16BrNO6S/c1-11(2,3-4-14)6-13-20(17,18)8-5-7(10(15)16)19-9(8)12/h5,13-14H,3-4,6H2,1-2H3,(H,15,16). The summed E-state index contributed by atoms with van der Waals surface area (Å²) in [7, 11) is -3.89. The molecule has 1 heterocycles. The molecule has 20 heavy (non-hydrogen) atoms. The SMILES string of the molecule is CC(C)(CCO)CNS(=O)(=O)c1cc(C(=O)O)oc1Br.